The smallest absolute Gasteiger partial charge is 0.151 e. The Hall–Kier alpha value is -0.130. The van der Waals surface area contributed by atoms with E-state index in [1.807, 2.05) is 0 Å². The van der Waals surface area contributed by atoms with Crippen molar-refractivity contribution >= 4 is 9.84 Å². The summed E-state index contributed by atoms with van der Waals surface area (Å²) in [6.45, 7) is 9.97. The molecule has 1 heterocycles. The number of likely N-dealkylation sites (tertiary alicyclic amines) is 1. The van der Waals surface area contributed by atoms with Crippen molar-refractivity contribution in [1.29, 1.82) is 0 Å². The molecule has 0 bridgehead atoms. The molecule has 5 heteroatoms. The Morgan fingerprint density at radius 1 is 1.33 bits per heavy atom. The molecule has 0 amide bonds. The molecule has 0 aromatic rings. The topological polar surface area (TPSA) is 49.4 Å². The van der Waals surface area contributed by atoms with Crippen molar-refractivity contribution in [3.05, 3.63) is 0 Å². The lowest BCUT2D eigenvalue weighted by molar-refractivity contribution is 0.154. The maximum absolute atomic E-state index is 11.5. The Labute approximate surface area is 112 Å². The fourth-order valence-corrected chi connectivity index (χ4v) is 3.31. The summed E-state index contributed by atoms with van der Waals surface area (Å²) < 4.78 is 23.0. The van der Waals surface area contributed by atoms with Gasteiger partial charge in [-0.25, -0.2) is 8.42 Å². The number of nitrogens with zero attached hydrogens (tertiary/aromatic N) is 1. The average Bonchev–Trinajstić information content (AvgIpc) is 2.35. The third-order valence-electron chi connectivity index (χ3n) is 3.80. The van der Waals surface area contributed by atoms with E-state index in [1.54, 1.807) is 6.92 Å². The van der Waals surface area contributed by atoms with E-state index < -0.39 is 9.84 Å². The van der Waals surface area contributed by atoms with Crippen LogP contribution in [0, 0.1) is 5.92 Å². The molecule has 0 aromatic heterocycles. The molecule has 0 saturated carbocycles. The minimum atomic E-state index is -2.82. The van der Waals surface area contributed by atoms with Crippen LogP contribution in [0.1, 0.15) is 33.6 Å². The van der Waals surface area contributed by atoms with Gasteiger partial charge in [0, 0.05) is 24.9 Å². The van der Waals surface area contributed by atoms with Crippen molar-refractivity contribution in [1.82, 2.24) is 10.2 Å². The first-order chi connectivity index (χ1) is 8.48. The van der Waals surface area contributed by atoms with Crippen LogP contribution in [0.5, 0.6) is 0 Å². The summed E-state index contributed by atoms with van der Waals surface area (Å²) in [5, 5.41) is 3.58. The van der Waals surface area contributed by atoms with Crippen LogP contribution in [0.15, 0.2) is 0 Å². The number of nitrogens with one attached hydrogen (secondary N) is 1. The number of hydrogen-bond donors (Lipinski definition) is 1. The summed E-state index contributed by atoms with van der Waals surface area (Å²) in [6.07, 6.45) is 2.30. The molecule has 1 N–H and O–H groups in total. The Bertz CT molecular complexity index is 330. The molecule has 108 valence electrons. The molecule has 4 nitrogen and oxygen atoms in total. The van der Waals surface area contributed by atoms with Gasteiger partial charge in [-0.05, 0) is 31.8 Å². The molecule has 0 aromatic carbocycles. The summed E-state index contributed by atoms with van der Waals surface area (Å²) in [4.78, 5) is 2.29. The van der Waals surface area contributed by atoms with Gasteiger partial charge < -0.3 is 10.2 Å². The zero-order valence-corrected chi connectivity index (χ0v) is 12.8. The van der Waals surface area contributed by atoms with Gasteiger partial charge >= 0.3 is 0 Å². The molecule has 1 aliphatic rings. The molecule has 18 heavy (non-hydrogen) atoms. The minimum absolute atomic E-state index is 0.261. The molecule has 1 rings (SSSR count). The normalized spacial score (nSPS) is 26.4. The van der Waals surface area contributed by atoms with Crippen molar-refractivity contribution < 1.29 is 8.42 Å². The summed E-state index contributed by atoms with van der Waals surface area (Å²) in [5.74, 6) is 1.18. The summed E-state index contributed by atoms with van der Waals surface area (Å²) in [6, 6.07) is 0.601. The Kier molecular flexibility index (Phi) is 6.60. The van der Waals surface area contributed by atoms with Gasteiger partial charge in [0.1, 0.15) is 0 Å². The highest BCUT2D eigenvalue weighted by atomic mass is 32.2. The first-order valence-corrected chi connectivity index (χ1v) is 8.96. The highest BCUT2D eigenvalue weighted by Gasteiger charge is 2.25. The van der Waals surface area contributed by atoms with E-state index in [4.69, 9.17) is 0 Å². The predicted octanol–water partition coefficient (Wildman–Crippen LogP) is 1.13. The second kappa shape index (κ2) is 7.46. The lowest BCUT2D eigenvalue weighted by atomic mass is 9.94. The molecule has 0 aliphatic carbocycles. The van der Waals surface area contributed by atoms with Crippen molar-refractivity contribution in [2.75, 3.05) is 37.7 Å². The van der Waals surface area contributed by atoms with Crippen LogP contribution in [-0.2, 0) is 9.84 Å². The van der Waals surface area contributed by atoms with Crippen molar-refractivity contribution in [3.63, 3.8) is 0 Å². The first-order valence-electron chi connectivity index (χ1n) is 7.14. The van der Waals surface area contributed by atoms with Gasteiger partial charge in [-0.2, -0.15) is 0 Å². The SMILES string of the molecule is CCCNC1CCN(CCS(=O)(=O)CC)CC1C. The first kappa shape index (κ1) is 15.9. The van der Waals surface area contributed by atoms with Gasteiger partial charge in [0.25, 0.3) is 0 Å². The van der Waals surface area contributed by atoms with Crippen LogP contribution in [-0.4, -0.2) is 57.0 Å². The van der Waals surface area contributed by atoms with E-state index in [0.717, 1.165) is 26.1 Å². The van der Waals surface area contributed by atoms with Gasteiger partial charge in [0.2, 0.25) is 0 Å². The predicted molar refractivity (Wildman–Crippen MR) is 76.6 cm³/mol. The maximum Gasteiger partial charge on any atom is 0.151 e. The van der Waals surface area contributed by atoms with Gasteiger partial charge in [-0.3, -0.25) is 0 Å². The molecule has 2 unspecified atom stereocenters. The van der Waals surface area contributed by atoms with Gasteiger partial charge in [-0.15, -0.1) is 0 Å². The van der Waals surface area contributed by atoms with Gasteiger partial charge in [0.05, 0.1) is 5.75 Å². The fourth-order valence-electron chi connectivity index (χ4n) is 2.48. The number of hydrogen-bond acceptors (Lipinski definition) is 4. The van der Waals surface area contributed by atoms with Crippen LogP contribution in [0.2, 0.25) is 0 Å². The van der Waals surface area contributed by atoms with E-state index >= 15 is 0 Å². The van der Waals surface area contributed by atoms with E-state index in [2.05, 4.69) is 24.1 Å². The fraction of sp³-hybridized carbons (Fsp3) is 1.00. The minimum Gasteiger partial charge on any atom is -0.314 e. The molecular formula is C13H28N2O2S. The quantitative estimate of drug-likeness (QED) is 0.757. The van der Waals surface area contributed by atoms with Crippen LogP contribution < -0.4 is 5.32 Å². The average molecular weight is 276 g/mol. The van der Waals surface area contributed by atoms with Crippen molar-refractivity contribution in [2.45, 2.75) is 39.7 Å². The van der Waals surface area contributed by atoms with Crippen molar-refractivity contribution in [3.8, 4) is 0 Å². The van der Waals surface area contributed by atoms with Crippen LogP contribution in [0.25, 0.3) is 0 Å². The second-order valence-electron chi connectivity index (χ2n) is 5.36. The molecule has 1 fully saturated rings. The molecule has 2 atom stereocenters. The van der Waals surface area contributed by atoms with E-state index in [1.165, 1.54) is 6.42 Å². The van der Waals surface area contributed by atoms with Crippen molar-refractivity contribution in [2.24, 2.45) is 5.92 Å². The molecular weight excluding hydrogens is 248 g/mol. The number of piperidine rings is 1. The van der Waals surface area contributed by atoms with Gasteiger partial charge in [-0.1, -0.05) is 20.8 Å². The van der Waals surface area contributed by atoms with E-state index in [0.29, 0.717) is 24.3 Å². The Balaban J connectivity index is 2.32. The Morgan fingerprint density at radius 3 is 2.61 bits per heavy atom. The van der Waals surface area contributed by atoms with Crippen LogP contribution in [0.3, 0.4) is 0 Å². The van der Waals surface area contributed by atoms with Crippen LogP contribution in [0.4, 0.5) is 0 Å². The Morgan fingerprint density at radius 2 is 2.06 bits per heavy atom. The molecule has 1 saturated heterocycles. The third-order valence-corrected chi connectivity index (χ3v) is 5.49. The standard InChI is InChI=1S/C13H28N2O2S/c1-4-7-14-13-6-8-15(11-12(13)3)9-10-18(16,17)5-2/h12-14H,4-11H2,1-3H3. The van der Waals surface area contributed by atoms with Gasteiger partial charge in [0.15, 0.2) is 9.84 Å². The van der Waals surface area contributed by atoms with Crippen LogP contribution >= 0.6 is 0 Å². The lowest BCUT2D eigenvalue weighted by Gasteiger charge is -2.37. The molecule has 0 radical (unpaired) electrons. The summed E-state index contributed by atoms with van der Waals surface area (Å²) >= 11 is 0. The highest BCUT2D eigenvalue weighted by Crippen LogP contribution is 2.16. The molecule has 0 spiro atoms. The zero-order chi connectivity index (χ0) is 13.6. The summed E-state index contributed by atoms with van der Waals surface area (Å²) in [7, 11) is -2.82. The summed E-state index contributed by atoms with van der Waals surface area (Å²) in [5.41, 5.74) is 0. The highest BCUT2D eigenvalue weighted by molar-refractivity contribution is 7.91. The van der Waals surface area contributed by atoms with E-state index in [9.17, 15) is 8.42 Å². The largest absolute Gasteiger partial charge is 0.314 e. The second-order valence-corrected chi connectivity index (χ2v) is 7.84. The maximum atomic E-state index is 11.5. The monoisotopic (exact) mass is 276 g/mol. The molecule has 1 aliphatic heterocycles. The lowest BCUT2D eigenvalue weighted by Crippen LogP contribution is -2.49. The third kappa shape index (κ3) is 5.24. The number of sulfone groups is 1. The number of rotatable bonds is 7. The van der Waals surface area contributed by atoms with E-state index in [-0.39, 0.29) is 5.75 Å². The zero-order valence-electron chi connectivity index (χ0n) is 12.0.